The molecule has 0 atom stereocenters. The van der Waals surface area contributed by atoms with Gasteiger partial charge in [0.25, 0.3) is 0 Å². The number of benzene rings is 1. The first kappa shape index (κ1) is 31.0. The van der Waals surface area contributed by atoms with Crippen LogP contribution in [0.2, 0.25) is 0 Å². The largest absolute Gasteiger partial charge is 0.382 e. The van der Waals surface area contributed by atoms with Crippen LogP contribution in [0.1, 0.15) is 12.2 Å². The van der Waals surface area contributed by atoms with E-state index in [1.807, 2.05) is 40.7 Å². The van der Waals surface area contributed by atoms with Crippen molar-refractivity contribution in [1.82, 2.24) is 29.4 Å². The van der Waals surface area contributed by atoms with E-state index in [1.165, 1.54) is 0 Å². The van der Waals surface area contributed by atoms with Gasteiger partial charge in [0.15, 0.2) is 0 Å². The summed E-state index contributed by atoms with van der Waals surface area (Å²) in [6, 6.07) is 7.97. The normalized spacial score (nSPS) is 15.9. The Labute approximate surface area is 251 Å². The predicted molar refractivity (Wildman–Crippen MR) is 160 cm³/mol. The van der Waals surface area contributed by atoms with Crippen molar-refractivity contribution in [3.05, 3.63) is 30.1 Å². The number of carbonyl (C=O) groups excluding carboxylic acids is 1. The molecule has 14 heteroatoms. The Balaban J connectivity index is 1.15. The van der Waals surface area contributed by atoms with Gasteiger partial charge in [0, 0.05) is 46.4 Å². The number of carbonyl (C=O) groups is 1. The van der Waals surface area contributed by atoms with E-state index in [0.717, 1.165) is 16.9 Å². The van der Waals surface area contributed by atoms with Crippen LogP contribution in [0.5, 0.6) is 0 Å². The Hall–Kier alpha value is -3.43. The molecule has 1 amide bonds. The van der Waals surface area contributed by atoms with Gasteiger partial charge < -0.3 is 38.4 Å². The van der Waals surface area contributed by atoms with Gasteiger partial charge in [-0.15, -0.1) is 0 Å². The number of piperazine rings is 1. The van der Waals surface area contributed by atoms with Gasteiger partial charge in [0.05, 0.1) is 76.9 Å². The number of hydrogen-bond acceptors (Lipinski definition) is 12. The zero-order valence-corrected chi connectivity index (χ0v) is 25.2. The molecule has 0 saturated carbocycles. The Morgan fingerprint density at radius 2 is 1.33 bits per heavy atom. The van der Waals surface area contributed by atoms with E-state index in [2.05, 4.69) is 9.80 Å². The zero-order chi connectivity index (χ0) is 29.9. The second kappa shape index (κ2) is 15.9. The number of hydrogen-bond donors (Lipinski definition) is 0. The van der Waals surface area contributed by atoms with Crippen molar-refractivity contribution in [3.63, 3.8) is 0 Å². The van der Waals surface area contributed by atoms with Crippen molar-refractivity contribution in [3.8, 4) is 5.95 Å². The fraction of sp³-hybridized carbons (Fsp3) is 0.621. The zero-order valence-electron chi connectivity index (χ0n) is 25.2. The van der Waals surface area contributed by atoms with Crippen LogP contribution in [0.3, 0.4) is 0 Å². The Morgan fingerprint density at radius 1 is 0.744 bits per heavy atom. The number of aryl methyl sites for hydroxylation is 1. The number of methoxy groups -OCH3 is 1. The summed E-state index contributed by atoms with van der Waals surface area (Å²) in [5, 5.41) is 0. The summed E-state index contributed by atoms with van der Waals surface area (Å²) in [6.45, 7) is 10.5. The number of morpholine rings is 1. The average molecular weight is 599 g/mol. The number of rotatable bonds is 15. The topological polar surface area (TPSA) is 129 Å². The highest BCUT2D eigenvalue weighted by molar-refractivity contribution is 5.78. The summed E-state index contributed by atoms with van der Waals surface area (Å²) in [6.07, 6.45) is 0.337. The molecular weight excluding hydrogens is 556 g/mol. The number of imidazole rings is 1. The Bertz CT molecular complexity index is 1310. The lowest BCUT2D eigenvalue weighted by Crippen LogP contribution is -2.49. The number of fused-ring (bicyclic) bond motifs is 1. The maximum absolute atomic E-state index is 12.8. The number of anilines is 2. The summed E-state index contributed by atoms with van der Waals surface area (Å²) < 4.78 is 28.9. The maximum atomic E-state index is 12.8. The standard InChI is InChI=1S/C29H42N8O6/c1-23-30-24-5-3-4-6-25(24)37(23)29-32-27(31-28(33-29)36-12-15-41-16-13-36)35-10-8-34(9-11-35)26(38)7-14-40-19-20-43-22-21-42-18-17-39-2/h3-6H,7-22H2,1-2H3. The lowest BCUT2D eigenvalue weighted by molar-refractivity contribution is -0.132. The molecule has 5 rings (SSSR count). The highest BCUT2D eigenvalue weighted by Crippen LogP contribution is 2.23. The number of ether oxygens (including phenoxy) is 5. The third-order valence-electron chi connectivity index (χ3n) is 7.37. The smallest absolute Gasteiger partial charge is 0.242 e. The summed E-state index contributed by atoms with van der Waals surface area (Å²) in [5.41, 5.74) is 1.84. The van der Waals surface area contributed by atoms with E-state index in [-0.39, 0.29) is 5.91 Å². The molecule has 4 heterocycles. The van der Waals surface area contributed by atoms with Crippen LogP contribution in [0.25, 0.3) is 17.0 Å². The lowest BCUT2D eigenvalue weighted by Gasteiger charge is -2.35. The van der Waals surface area contributed by atoms with Crippen LogP contribution in [0.15, 0.2) is 24.3 Å². The number of aromatic nitrogens is 5. The van der Waals surface area contributed by atoms with Crippen LogP contribution in [-0.2, 0) is 28.5 Å². The van der Waals surface area contributed by atoms with Gasteiger partial charge >= 0.3 is 0 Å². The van der Waals surface area contributed by atoms with Crippen LogP contribution < -0.4 is 9.80 Å². The van der Waals surface area contributed by atoms with Crippen molar-refractivity contribution in [1.29, 1.82) is 0 Å². The molecule has 1 aromatic carbocycles. The minimum atomic E-state index is 0.0814. The summed E-state index contributed by atoms with van der Waals surface area (Å²) in [5.74, 6) is 2.65. The van der Waals surface area contributed by atoms with Crippen molar-refractivity contribution >= 4 is 28.8 Å². The molecule has 43 heavy (non-hydrogen) atoms. The molecule has 0 unspecified atom stereocenters. The molecule has 234 valence electrons. The minimum absolute atomic E-state index is 0.0814. The van der Waals surface area contributed by atoms with Crippen LogP contribution >= 0.6 is 0 Å². The molecule has 14 nitrogen and oxygen atoms in total. The quantitative estimate of drug-likeness (QED) is 0.232. The molecule has 3 aromatic rings. The predicted octanol–water partition coefficient (Wildman–Crippen LogP) is 1.09. The highest BCUT2D eigenvalue weighted by atomic mass is 16.6. The van der Waals surface area contributed by atoms with Crippen LogP contribution in [-0.4, -0.2) is 141 Å². The molecule has 0 bridgehead atoms. The molecule has 0 radical (unpaired) electrons. The third kappa shape index (κ3) is 8.36. The summed E-state index contributed by atoms with van der Waals surface area (Å²) >= 11 is 0. The SMILES string of the molecule is COCCOCCOCCOCCC(=O)N1CCN(c2nc(N3CCOCC3)nc(-n3c(C)nc4ccccc43)n2)CC1. The Morgan fingerprint density at radius 3 is 2.00 bits per heavy atom. The van der Waals surface area contributed by atoms with Gasteiger partial charge in [-0.25, -0.2) is 4.98 Å². The first-order valence-electron chi connectivity index (χ1n) is 14.9. The monoisotopic (exact) mass is 598 g/mol. The van der Waals surface area contributed by atoms with E-state index < -0.39 is 0 Å². The molecule has 2 fully saturated rings. The first-order valence-corrected chi connectivity index (χ1v) is 14.9. The molecule has 2 aliphatic heterocycles. The van der Waals surface area contributed by atoms with Gasteiger partial charge in [-0.2, -0.15) is 15.0 Å². The van der Waals surface area contributed by atoms with Crippen molar-refractivity contribution < 1.29 is 28.5 Å². The number of nitrogens with zero attached hydrogens (tertiary/aromatic N) is 8. The second-order valence-corrected chi connectivity index (χ2v) is 10.3. The van der Waals surface area contributed by atoms with Crippen molar-refractivity contribution in [2.24, 2.45) is 0 Å². The third-order valence-corrected chi connectivity index (χ3v) is 7.37. The number of amides is 1. The highest BCUT2D eigenvalue weighted by Gasteiger charge is 2.26. The summed E-state index contributed by atoms with van der Waals surface area (Å²) in [4.78, 5) is 38.3. The molecule has 2 aliphatic rings. The first-order chi connectivity index (χ1) is 21.1. The molecule has 2 aromatic heterocycles. The van der Waals surface area contributed by atoms with Gasteiger partial charge in [0.2, 0.25) is 23.8 Å². The van der Waals surface area contributed by atoms with E-state index in [1.54, 1.807) is 7.11 Å². The second-order valence-electron chi connectivity index (χ2n) is 10.3. The maximum Gasteiger partial charge on any atom is 0.242 e. The fourth-order valence-electron chi connectivity index (χ4n) is 5.05. The summed E-state index contributed by atoms with van der Waals surface area (Å²) in [7, 11) is 1.64. The molecular formula is C29H42N8O6. The number of para-hydroxylation sites is 2. The van der Waals surface area contributed by atoms with Gasteiger partial charge in [-0.05, 0) is 19.1 Å². The van der Waals surface area contributed by atoms with Crippen molar-refractivity contribution in [2.75, 3.05) is 116 Å². The van der Waals surface area contributed by atoms with E-state index in [4.69, 9.17) is 43.6 Å². The van der Waals surface area contributed by atoms with Gasteiger partial charge in [-0.3, -0.25) is 9.36 Å². The van der Waals surface area contributed by atoms with Crippen LogP contribution in [0, 0.1) is 6.92 Å². The van der Waals surface area contributed by atoms with E-state index in [0.29, 0.717) is 123 Å². The molecule has 0 spiro atoms. The molecule has 2 saturated heterocycles. The fourth-order valence-corrected chi connectivity index (χ4v) is 5.05. The van der Waals surface area contributed by atoms with Gasteiger partial charge in [-0.1, -0.05) is 12.1 Å². The average Bonchev–Trinajstić information content (AvgIpc) is 3.39. The van der Waals surface area contributed by atoms with Crippen molar-refractivity contribution in [2.45, 2.75) is 13.3 Å². The minimum Gasteiger partial charge on any atom is -0.382 e. The van der Waals surface area contributed by atoms with Crippen LogP contribution in [0.4, 0.5) is 11.9 Å². The Kier molecular flexibility index (Phi) is 11.4. The molecule has 0 N–H and O–H groups in total. The van der Waals surface area contributed by atoms with Gasteiger partial charge in [0.1, 0.15) is 5.82 Å². The van der Waals surface area contributed by atoms with E-state index in [9.17, 15) is 4.79 Å². The lowest BCUT2D eigenvalue weighted by atomic mass is 10.3. The van der Waals surface area contributed by atoms with E-state index >= 15 is 0 Å². The molecule has 0 aliphatic carbocycles.